The number of nitrogens with zero attached hydrogens (tertiary/aromatic N) is 1. The first-order chi connectivity index (χ1) is 13.4. The van der Waals surface area contributed by atoms with Gasteiger partial charge in [0, 0.05) is 35.5 Å². The first-order valence-corrected chi connectivity index (χ1v) is 9.43. The Hall–Kier alpha value is -3.09. The van der Waals surface area contributed by atoms with E-state index >= 15 is 0 Å². The molecule has 3 N–H and O–H groups in total. The highest BCUT2D eigenvalue weighted by Crippen LogP contribution is 2.26. The van der Waals surface area contributed by atoms with Crippen LogP contribution in [0.2, 0.25) is 0 Å². The van der Waals surface area contributed by atoms with E-state index in [1.165, 1.54) is 7.11 Å². The Morgan fingerprint density at radius 3 is 2.71 bits per heavy atom. The van der Waals surface area contributed by atoms with Crippen LogP contribution in [0.25, 0.3) is 0 Å². The summed E-state index contributed by atoms with van der Waals surface area (Å²) in [5.74, 6) is 0.346. The number of amides is 3. The van der Waals surface area contributed by atoms with Crippen molar-refractivity contribution in [2.75, 3.05) is 12.4 Å². The maximum absolute atomic E-state index is 12.4. The lowest BCUT2D eigenvalue weighted by Crippen LogP contribution is -2.37. The highest BCUT2D eigenvalue weighted by molar-refractivity contribution is 5.98. The van der Waals surface area contributed by atoms with Crippen molar-refractivity contribution < 1.29 is 14.3 Å². The maximum atomic E-state index is 12.4. The van der Waals surface area contributed by atoms with E-state index in [1.807, 2.05) is 32.0 Å². The number of nitrogens with one attached hydrogen (secondary N) is 3. The van der Waals surface area contributed by atoms with Crippen molar-refractivity contribution in [3.63, 3.8) is 0 Å². The summed E-state index contributed by atoms with van der Waals surface area (Å²) in [4.78, 5) is 29.1. The number of hydrogen-bond acceptors (Lipinski definition) is 4. The second kappa shape index (κ2) is 8.73. The second-order valence-corrected chi connectivity index (χ2v) is 7.14. The molecular formula is C21H26N4O3. The Bertz CT molecular complexity index is 864. The summed E-state index contributed by atoms with van der Waals surface area (Å²) < 4.78 is 5.30. The van der Waals surface area contributed by atoms with Gasteiger partial charge in [-0.3, -0.25) is 9.78 Å². The van der Waals surface area contributed by atoms with Crippen LogP contribution in [0.15, 0.2) is 36.4 Å². The highest BCUT2D eigenvalue weighted by atomic mass is 16.5. The van der Waals surface area contributed by atoms with Gasteiger partial charge in [0.1, 0.15) is 5.75 Å². The summed E-state index contributed by atoms with van der Waals surface area (Å²) in [6.45, 7) is 3.85. The molecule has 0 bridgehead atoms. The number of carbonyl (C=O) groups excluding carboxylic acids is 2. The summed E-state index contributed by atoms with van der Waals surface area (Å²) in [6, 6.07) is 10.6. The molecule has 2 aromatic rings. The summed E-state index contributed by atoms with van der Waals surface area (Å²) in [7, 11) is 1.52. The molecule has 1 atom stereocenters. The van der Waals surface area contributed by atoms with Crippen molar-refractivity contribution in [1.82, 2.24) is 15.6 Å². The number of rotatable bonds is 7. The normalized spacial score (nSPS) is 14.1. The first-order valence-electron chi connectivity index (χ1n) is 9.43. The Morgan fingerprint density at radius 2 is 2.04 bits per heavy atom. The van der Waals surface area contributed by atoms with Gasteiger partial charge in [-0.2, -0.15) is 0 Å². The standard InChI is InChI=1S/C21H26N4O3/c1-13-5-4-6-17(22-13)11-14(2)23-21(27)25-18-12-15(7-10-19(18)28-3)20(26)24-16-8-9-16/h4-7,10,12,14,16H,8-9,11H2,1-3H3,(H,24,26)(H2,23,25,27). The average molecular weight is 382 g/mol. The van der Waals surface area contributed by atoms with Crippen LogP contribution >= 0.6 is 0 Å². The van der Waals surface area contributed by atoms with Crippen LogP contribution in [0.3, 0.4) is 0 Å². The van der Waals surface area contributed by atoms with E-state index in [9.17, 15) is 9.59 Å². The molecule has 7 nitrogen and oxygen atoms in total. The van der Waals surface area contributed by atoms with Gasteiger partial charge in [-0.25, -0.2) is 4.79 Å². The summed E-state index contributed by atoms with van der Waals surface area (Å²) >= 11 is 0. The first kappa shape index (κ1) is 19.7. The van der Waals surface area contributed by atoms with E-state index in [0.29, 0.717) is 23.4 Å². The molecule has 1 saturated carbocycles. The molecule has 7 heteroatoms. The average Bonchev–Trinajstić information content (AvgIpc) is 3.45. The number of aromatic nitrogens is 1. The number of urea groups is 1. The molecule has 1 fully saturated rings. The largest absolute Gasteiger partial charge is 0.495 e. The molecule has 1 heterocycles. The van der Waals surface area contributed by atoms with Crippen LogP contribution in [0.4, 0.5) is 10.5 Å². The number of methoxy groups -OCH3 is 1. The lowest BCUT2D eigenvalue weighted by atomic mass is 10.1. The van der Waals surface area contributed by atoms with Crippen molar-refractivity contribution >= 4 is 17.6 Å². The van der Waals surface area contributed by atoms with Crippen molar-refractivity contribution in [1.29, 1.82) is 0 Å². The van der Waals surface area contributed by atoms with Gasteiger partial charge in [0.15, 0.2) is 0 Å². The minimum Gasteiger partial charge on any atom is -0.495 e. The predicted octanol–water partition coefficient (Wildman–Crippen LogP) is 3.04. The summed E-state index contributed by atoms with van der Waals surface area (Å²) in [5.41, 5.74) is 2.80. The molecular weight excluding hydrogens is 356 g/mol. The van der Waals surface area contributed by atoms with Gasteiger partial charge in [-0.15, -0.1) is 0 Å². The van der Waals surface area contributed by atoms with Gasteiger partial charge in [-0.1, -0.05) is 6.07 Å². The van der Waals surface area contributed by atoms with Gasteiger partial charge < -0.3 is 20.7 Å². The van der Waals surface area contributed by atoms with Gasteiger partial charge in [-0.05, 0) is 57.0 Å². The Morgan fingerprint density at radius 1 is 1.25 bits per heavy atom. The van der Waals surface area contributed by atoms with Crippen LogP contribution in [0.5, 0.6) is 5.75 Å². The molecule has 3 amide bonds. The monoisotopic (exact) mass is 382 g/mol. The number of carbonyl (C=O) groups is 2. The molecule has 1 aliphatic rings. The summed E-state index contributed by atoms with van der Waals surface area (Å²) in [5, 5.41) is 8.61. The fraction of sp³-hybridized carbons (Fsp3) is 0.381. The molecule has 28 heavy (non-hydrogen) atoms. The second-order valence-electron chi connectivity index (χ2n) is 7.14. The van der Waals surface area contributed by atoms with E-state index in [-0.39, 0.29) is 24.0 Å². The van der Waals surface area contributed by atoms with E-state index < -0.39 is 0 Å². The number of aryl methyl sites for hydroxylation is 1. The Labute approximate surface area is 164 Å². The SMILES string of the molecule is COc1ccc(C(=O)NC2CC2)cc1NC(=O)NC(C)Cc1cccc(C)n1. The van der Waals surface area contributed by atoms with Gasteiger partial charge >= 0.3 is 6.03 Å². The van der Waals surface area contributed by atoms with Crippen LogP contribution in [-0.2, 0) is 6.42 Å². The van der Waals surface area contributed by atoms with Crippen LogP contribution in [-0.4, -0.2) is 36.1 Å². The number of anilines is 1. The zero-order valence-electron chi connectivity index (χ0n) is 16.4. The number of ether oxygens (including phenoxy) is 1. The van der Waals surface area contributed by atoms with Crippen molar-refractivity contribution in [2.24, 2.45) is 0 Å². The lowest BCUT2D eigenvalue weighted by Gasteiger charge is -2.16. The van der Waals surface area contributed by atoms with Crippen molar-refractivity contribution in [3.8, 4) is 5.75 Å². The van der Waals surface area contributed by atoms with Gasteiger partial charge in [0.05, 0.1) is 12.8 Å². The van der Waals surface area contributed by atoms with E-state index in [0.717, 1.165) is 24.2 Å². The minimum absolute atomic E-state index is 0.110. The van der Waals surface area contributed by atoms with E-state index in [1.54, 1.807) is 18.2 Å². The smallest absolute Gasteiger partial charge is 0.319 e. The van der Waals surface area contributed by atoms with Crippen molar-refractivity contribution in [3.05, 3.63) is 53.3 Å². The fourth-order valence-electron chi connectivity index (χ4n) is 2.90. The van der Waals surface area contributed by atoms with E-state index in [4.69, 9.17) is 4.74 Å². The lowest BCUT2D eigenvalue weighted by molar-refractivity contribution is 0.0951. The maximum Gasteiger partial charge on any atom is 0.319 e. The third-order valence-electron chi connectivity index (χ3n) is 4.46. The highest BCUT2D eigenvalue weighted by Gasteiger charge is 2.24. The number of benzene rings is 1. The van der Waals surface area contributed by atoms with E-state index in [2.05, 4.69) is 20.9 Å². The molecule has 0 spiro atoms. The zero-order valence-corrected chi connectivity index (χ0v) is 16.4. The molecule has 1 aromatic heterocycles. The molecule has 148 valence electrons. The Kier molecular flexibility index (Phi) is 6.13. The van der Waals surface area contributed by atoms with Crippen LogP contribution < -0.4 is 20.7 Å². The predicted molar refractivity (Wildman–Crippen MR) is 108 cm³/mol. The molecule has 0 radical (unpaired) electrons. The van der Waals surface area contributed by atoms with Crippen LogP contribution in [0.1, 0.15) is 41.5 Å². The molecule has 3 rings (SSSR count). The Balaban J connectivity index is 1.62. The van der Waals surface area contributed by atoms with Gasteiger partial charge in [0.2, 0.25) is 0 Å². The topological polar surface area (TPSA) is 92.4 Å². The molecule has 1 aliphatic carbocycles. The third-order valence-corrected chi connectivity index (χ3v) is 4.46. The number of pyridine rings is 1. The quantitative estimate of drug-likeness (QED) is 0.686. The third kappa shape index (κ3) is 5.45. The molecule has 0 aliphatic heterocycles. The minimum atomic E-state index is -0.363. The molecule has 0 saturated heterocycles. The van der Waals surface area contributed by atoms with Crippen LogP contribution in [0, 0.1) is 6.92 Å². The fourth-order valence-corrected chi connectivity index (χ4v) is 2.90. The molecule has 1 unspecified atom stereocenters. The number of hydrogen-bond donors (Lipinski definition) is 3. The van der Waals surface area contributed by atoms with Gasteiger partial charge in [0.25, 0.3) is 5.91 Å². The molecule has 1 aromatic carbocycles. The van der Waals surface area contributed by atoms with Crippen molar-refractivity contribution in [2.45, 2.75) is 45.2 Å². The zero-order chi connectivity index (χ0) is 20.1. The summed E-state index contributed by atoms with van der Waals surface area (Å²) in [6.07, 6.45) is 2.66.